The molecule has 0 aliphatic carbocycles. The molecule has 150 valence electrons. The van der Waals surface area contributed by atoms with E-state index < -0.39 is 10.0 Å². The van der Waals surface area contributed by atoms with Crippen LogP contribution in [0.25, 0.3) is 0 Å². The number of aromatic hydroxyl groups is 1. The van der Waals surface area contributed by atoms with Crippen molar-refractivity contribution in [3.8, 4) is 5.75 Å². The van der Waals surface area contributed by atoms with E-state index >= 15 is 0 Å². The third-order valence-electron chi connectivity index (χ3n) is 4.51. The molecular formula is C22H21ClN2O3S. The van der Waals surface area contributed by atoms with E-state index in [1.807, 2.05) is 13.0 Å². The van der Waals surface area contributed by atoms with Crippen LogP contribution in [0.2, 0.25) is 5.02 Å². The maximum absolute atomic E-state index is 12.9. The zero-order valence-electron chi connectivity index (χ0n) is 16.3. The van der Waals surface area contributed by atoms with Crippen molar-refractivity contribution in [3.05, 3.63) is 87.9 Å². The lowest BCUT2D eigenvalue weighted by Gasteiger charge is -2.16. The topological polar surface area (TPSA) is 78.8 Å². The van der Waals surface area contributed by atoms with Gasteiger partial charge in [-0.25, -0.2) is 0 Å². The molecule has 0 amide bonds. The number of aryl methyl sites for hydroxylation is 2. The molecule has 0 spiro atoms. The quantitative estimate of drug-likeness (QED) is 0.339. The van der Waals surface area contributed by atoms with Crippen LogP contribution in [0.1, 0.15) is 22.3 Å². The number of phenols is 1. The van der Waals surface area contributed by atoms with E-state index in [9.17, 15) is 13.5 Å². The van der Waals surface area contributed by atoms with Gasteiger partial charge in [-0.3, -0.25) is 0 Å². The molecule has 29 heavy (non-hydrogen) atoms. The smallest absolute Gasteiger partial charge is 0.284 e. The molecule has 0 atom stereocenters. The Balaban J connectivity index is 2.12. The first kappa shape index (κ1) is 20.9. The normalized spacial score (nSPS) is 12.1. The van der Waals surface area contributed by atoms with Gasteiger partial charge in [-0.15, -0.1) is 4.40 Å². The van der Waals surface area contributed by atoms with E-state index in [0.717, 1.165) is 5.56 Å². The second kappa shape index (κ2) is 8.27. The number of hydrogen-bond acceptors (Lipinski definition) is 3. The lowest BCUT2D eigenvalue weighted by atomic mass is 10.1. The Kier molecular flexibility index (Phi) is 5.96. The number of halogens is 1. The summed E-state index contributed by atoms with van der Waals surface area (Å²) in [6.45, 7) is 5.34. The van der Waals surface area contributed by atoms with Crippen molar-refractivity contribution >= 4 is 33.1 Å². The van der Waals surface area contributed by atoms with E-state index in [-0.39, 0.29) is 21.5 Å². The number of hydrogen-bond donors (Lipinski definition) is 2. The van der Waals surface area contributed by atoms with Gasteiger partial charge in [0.15, 0.2) is 5.84 Å². The molecule has 2 N–H and O–H groups in total. The molecule has 0 unspecified atom stereocenters. The Hall–Kier alpha value is -2.83. The van der Waals surface area contributed by atoms with E-state index in [4.69, 9.17) is 11.6 Å². The number of phenolic OH excluding ortho intramolecular Hbond substituents is 1. The molecule has 0 aliphatic rings. The summed E-state index contributed by atoms with van der Waals surface area (Å²) in [5.41, 5.74) is 3.28. The first-order valence-electron chi connectivity index (χ1n) is 8.92. The van der Waals surface area contributed by atoms with Crippen LogP contribution in [0.5, 0.6) is 5.75 Å². The summed E-state index contributed by atoms with van der Waals surface area (Å²) >= 11 is 6.21. The number of anilines is 1. The standard InChI is InChI=1S/C22H21ClN2O3S/c1-14-9-11-18(12-10-14)29(27,28)25-22(17-7-5-4-6-8-17)24-19-13-15(2)21(26)20(23)16(19)3/h4-13,26H,1-3H3,(H,24,25). The number of nitrogens with one attached hydrogen (secondary N) is 1. The number of rotatable bonds is 4. The highest BCUT2D eigenvalue weighted by Crippen LogP contribution is 2.35. The molecule has 0 bridgehead atoms. The summed E-state index contributed by atoms with van der Waals surface area (Å²) in [4.78, 5) is 0.106. The highest BCUT2D eigenvalue weighted by Gasteiger charge is 2.18. The van der Waals surface area contributed by atoms with Crippen molar-refractivity contribution in [2.75, 3.05) is 5.32 Å². The second-order valence-electron chi connectivity index (χ2n) is 6.75. The van der Waals surface area contributed by atoms with Crippen molar-refractivity contribution < 1.29 is 13.5 Å². The molecule has 0 saturated heterocycles. The molecule has 0 aliphatic heterocycles. The molecule has 0 fully saturated rings. The second-order valence-corrected chi connectivity index (χ2v) is 8.73. The number of benzene rings is 3. The summed E-state index contributed by atoms with van der Waals surface area (Å²) in [5.74, 6) is 0.163. The maximum Gasteiger partial charge on any atom is 0.284 e. The van der Waals surface area contributed by atoms with E-state index in [2.05, 4.69) is 9.71 Å². The molecule has 0 radical (unpaired) electrons. The van der Waals surface area contributed by atoms with E-state index in [1.54, 1.807) is 56.3 Å². The Morgan fingerprint density at radius 2 is 1.62 bits per heavy atom. The van der Waals surface area contributed by atoms with Crippen molar-refractivity contribution in [1.29, 1.82) is 0 Å². The summed E-state index contributed by atoms with van der Waals surface area (Å²) in [5, 5.41) is 13.3. The van der Waals surface area contributed by atoms with E-state index in [0.29, 0.717) is 22.4 Å². The maximum atomic E-state index is 12.9. The highest BCUT2D eigenvalue weighted by molar-refractivity contribution is 7.90. The van der Waals surface area contributed by atoms with E-state index in [1.165, 1.54) is 12.1 Å². The lowest BCUT2D eigenvalue weighted by Crippen LogP contribution is -2.17. The van der Waals surface area contributed by atoms with Gasteiger partial charge in [-0.05, 0) is 50.1 Å². The molecule has 0 aromatic heterocycles. The Labute approximate surface area is 175 Å². The van der Waals surface area contributed by atoms with Crippen LogP contribution in [0, 0.1) is 20.8 Å². The number of amidine groups is 1. The minimum Gasteiger partial charge on any atom is -0.506 e. The van der Waals surface area contributed by atoms with Crippen LogP contribution in [0.15, 0.2) is 70.0 Å². The summed E-state index contributed by atoms with van der Waals surface area (Å²) in [6, 6.07) is 17.2. The van der Waals surface area contributed by atoms with Gasteiger partial charge in [0.25, 0.3) is 10.0 Å². The highest BCUT2D eigenvalue weighted by atomic mass is 35.5. The first-order valence-corrected chi connectivity index (χ1v) is 10.7. The summed E-state index contributed by atoms with van der Waals surface area (Å²) in [6.07, 6.45) is 0. The van der Waals surface area contributed by atoms with Gasteiger partial charge in [-0.2, -0.15) is 8.42 Å². The molecule has 3 rings (SSSR count). The summed E-state index contributed by atoms with van der Waals surface area (Å²) in [7, 11) is -3.94. The first-order chi connectivity index (χ1) is 13.7. The van der Waals surface area contributed by atoms with Crippen molar-refractivity contribution in [2.24, 2.45) is 4.40 Å². The fourth-order valence-electron chi connectivity index (χ4n) is 2.75. The van der Waals surface area contributed by atoms with Gasteiger partial charge < -0.3 is 10.4 Å². The largest absolute Gasteiger partial charge is 0.506 e. The van der Waals surface area contributed by atoms with Crippen molar-refractivity contribution in [2.45, 2.75) is 25.7 Å². The van der Waals surface area contributed by atoms with Gasteiger partial charge in [0.1, 0.15) is 5.75 Å². The van der Waals surface area contributed by atoms with Crippen molar-refractivity contribution in [1.82, 2.24) is 0 Å². The number of sulfonamides is 1. The average Bonchev–Trinajstić information content (AvgIpc) is 2.70. The predicted octanol–water partition coefficient (Wildman–Crippen LogP) is 5.22. The van der Waals surface area contributed by atoms with Gasteiger partial charge in [0.2, 0.25) is 0 Å². The van der Waals surface area contributed by atoms with Crippen LogP contribution in [-0.2, 0) is 10.0 Å². The van der Waals surface area contributed by atoms with Crippen LogP contribution in [0.3, 0.4) is 0 Å². The Morgan fingerprint density at radius 3 is 2.24 bits per heavy atom. The third kappa shape index (κ3) is 4.60. The molecule has 3 aromatic carbocycles. The zero-order valence-corrected chi connectivity index (χ0v) is 17.8. The van der Waals surface area contributed by atoms with Crippen molar-refractivity contribution in [3.63, 3.8) is 0 Å². The van der Waals surface area contributed by atoms with Crippen LogP contribution in [-0.4, -0.2) is 19.4 Å². The fourth-order valence-corrected chi connectivity index (χ4v) is 3.97. The average molecular weight is 429 g/mol. The molecule has 3 aromatic rings. The molecule has 0 heterocycles. The lowest BCUT2D eigenvalue weighted by molar-refractivity contribution is 0.471. The fraction of sp³-hybridized carbons (Fsp3) is 0.136. The minimum atomic E-state index is -3.94. The molecular weight excluding hydrogens is 408 g/mol. The zero-order chi connectivity index (χ0) is 21.2. The molecule has 7 heteroatoms. The predicted molar refractivity (Wildman–Crippen MR) is 118 cm³/mol. The SMILES string of the molecule is Cc1ccc(S(=O)(=O)N=C(Nc2cc(C)c(O)c(Cl)c2C)c2ccccc2)cc1. The monoisotopic (exact) mass is 428 g/mol. The van der Waals surface area contributed by atoms with Gasteiger partial charge in [-0.1, -0.05) is 59.6 Å². The third-order valence-corrected chi connectivity index (χ3v) is 6.26. The van der Waals surface area contributed by atoms with Crippen LogP contribution in [0.4, 0.5) is 5.69 Å². The minimum absolute atomic E-state index is 0.000179. The number of nitrogens with zero attached hydrogens (tertiary/aromatic N) is 1. The Bertz CT molecular complexity index is 1170. The van der Waals surface area contributed by atoms with Crippen LogP contribution < -0.4 is 5.32 Å². The van der Waals surface area contributed by atoms with Gasteiger partial charge in [0.05, 0.1) is 9.92 Å². The van der Waals surface area contributed by atoms with Gasteiger partial charge in [0, 0.05) is 11.3 Å². The molecule has 0 saturated carbocycles. The summed E-state index contributed by atoms with van der Waals surface area (Å²) < 4.78 is 29.9. The Morgan fingerprint density at radius 1 is 1.00 bits per heavy atom. The van der Waals surface area contributed by atoms with Crippen LogP contribution >= 0.6 is 11.6 Å². The van der Waals surface area contributed by atoms with Gasteiger partial charge >= 0.3 is 0 Å². The molecule has 5 nitrogen and oxygen atoms in total.